The molecule has 0 amide bonds. The summed E-state index contributed by atoms with van der Waals surface area (Å²) in [6, 6.07) is 4.06. The molecule has 0 radical (unpaired) electrons. The van der Waals surface area contributed by atoms with Crippen LogP contribution >= 0.6 is 0 Å². The number of pyridine rings is 1. The van der Waals surface area contributed by atoms with Crippen LogP contribution in [0.15, 0.2) is 12.1 Å². The topological polar surface area (TPSA) is 53.4 Å². The number of anilines is 1. The second-order valence-corrected chi connectivity index (χ2v) is 4.83. The fourth-order valence-electron chi connectivity index (χ4n) is 2.76. The Kier molecular flexibility index (Phi) is 3.84. The van der Waals surface area contributed by atoms with Crippen LogP contribution in [-0.4, -0.2) is 28.6 Å². The Morgan fingerprint density at radius 3 is 2.61 bits per heavy atom. The van der Waals surface area contributed by atoms with Gasteiger partial charge in [-0.25, -0.2) is 9.78 Å². The largest absolute Gasteiger partial charge is 0.478 e. The summed E-state index contributed by atoms with van der Waals surface area (Å²) in [6.07, 6.45) is 5.01. The predicted molar refractivity (Wildman–Crippen MR) is 71.2 cm³/mol. The molecule has 98 valence electrons. The number of rotatable bonds is 4. The zero-order valence-electron chi connectivity index (χ0n) is 11.0. The molecule has 1 saturated carbocycles. The Labute approximate surface area is 108 Å². The number of carboxylic acid groups (broad SMARTS) is 1. The molecule has 0 bridgehead atoms. The van der Waals surface area contributed by atoms with E-state index in [0.29, 0.717) is 17.3 Å². The van der Waals surface area contributed by atoms with E-state index in [-0.39, 0.29) is 0 Å². The summed E-state index contributed by atoms with van der Waals surface area (Å²) in [7, 11) is 0. The van der Waals surface area contributed by atoms with Crippen molar-refractivity contribution in [1.29, 1.82) is 0 Å². The van der Waals surface area contributed by atoms with Gasteiger partial charge >= 0.3 is 5.97 Å². The third-order valence-corrected chi connectivity index (χ3v) is 3.70. The molecular formula is C14H20N2O2. The minimum absolute atomic E-state index is 0.293. The van der Waals surface area contributed by atoms with Crippen LogP contribution in [0.4, 0.5) is 5.82 Å². The lowest BCUT2D eigenvalue weighted by Gasteiger charge is -2.29. The van der Waals surface area contributed by atoms with Crippen LogP contribution < -0.4 is 4.90 Å². The van der Waals surface area contributed by atoms with E-state index in [4.69, 9.17) is 5.11 Å². The highest BCUT2D eigenvalue weighted by atomic mass is 16.4. The number of aromatic carboxylic acids is 1. The predicted octanol–water partition coefficient (Wildman–Crippen LogP) is 2.86. The molecule has 2 rings (SSSR count). The Balaban J connectivity index is 2.26. The van der Waals surface area contributed by atoms with Crippen LogP contribution in [-0.2, 0) is 0 Å². The van der Waals surface area contributed by atoms with E-state index in [2.05, 4.69) is 16.8 Å². The van der Waals surface area contributed by atoms with Crippen molar-refractivity contribution in [3.05, 3.63) is 23.4 Å². The van der Waals surface area contributed by atoms with E-state index < -0.39 is 5.97 Å². The molecule has 0 spiro atoms. The fraction of sp³-hybridized carbons (Fsp3) is 0.571. The number of nitrogens with zero attached hydrogens (tertiary/aromatic N) is 2. The lowest BCUT2D eigenvalue weighted by Crippen LogP contribution is -2.33. The van der Waals surface area contributed by atoms with E-state index in [9.17, 15) is 4.79 Å². The molecule has 1 aliphatic carbocycles. The van der Waals surface area contributed by atoms with Crippen molar-refractivity contribution in [3.63, 3.8) is 0 Å². The van der Waals surface area contributed by atoms with Gasteiger partial charge in [0.05, 0.1) is 11.3 Å². The molecular weight excluding hydrogens is 228 g/mol. The third kappa shape index (κ3) is 2.47. The van der Waals surface area contributed by atoms with E-state index in [1.54, 1.807) is 13.0 Å². The molecule has 1 heterocycles. The first-order chi connectivity index (χ1) is 8.63. The Morgan fingerprint density at radius 1 is 1.44 bits per heavy atom. The summed E-state index contributed by atoms with van der Waals surface area (Å²) < 4.78 is 0. The first-order valence-electron chi connectivity index (χ1n) is 6.61. The van der Waals surface area contributed by atoms with Crippen LogP contribution in [0.5, 0.6) is 0 Å². The maximum Gasteiger partial charge on any atom is 0.337 e. The van der Waals surface area contributed by atoms with Gasteiger partial charge in [0.25, 0.3) is 0 Å². The van der Waals surface area contributed by atoms with Gasteiger partial charge in [0.15, 0.2) is 0 Å². The highest BCUT2D eigenvalue weighted by molar-refractivity contribution is 5.89. The number of carboxylic acids is 1. The Bertz CT molecular complexity index is 439. The summed E-state index contributed by atoms with van der Waals surface area (Å²) in [5.41, 5.74) is 0.887. The number of hydrogen-bond acceptors (Lipinski definition) is 3. The Morgan fingerprint density at radius 2 is 2.11 bits per heavy atom. The zero-order chi connectivity index (χ0) is 13.1. The molecule has 4 heteroatoms. The SMILES string of the molecule is CCN(c1ccc(C(=O)O)c(C)n1)C1CCCC1. The van der Waals surface area contributed by atoms with Crippen LogP contribution in [0.2, 0.25) is 0 Å². The van der Waals surface area contributed by atoms with Gasteiger partial charge in [0.1, 0.15) is 5.82 Å². The highest BCUT2D eigenvalue weighted by Crippen LogP contribution is 2.27. The van der Waals surface area contributed by atoms with Crippen molar-refractivity contribution in [2.45, 2.75) is 45.6 Å². The van der Waals surface area contributed by atoms with Crippen molar-refractivity contribution in [3.8, 4) is 0 Å². The van der Waals surface area contributed by atoms with Gasteiger partial charge in [0, 0.05) is 12.6 Å². The first-order valence-corrected chi connectivity index (χ1v) is 6.61. The van der Waals surface area contributed by atoms with Crippen LogP contribution in [0.3, 0.4) is 0 Å². The molecule has 0 aromatic carbocycles. The minimum Gasteiger partial charge on any atom is -0.478 e. The van der Waals surface area contributed by atoms with Gasteiger partial charge in [-0.15, -0.1) is 0 Å². The van der Waals surface area contributed by atoms with E-state index >= 15 is 0 Å². The van der Waals surface area contributed by atoms with Gasteiger partial charge in [0.2, 0.25) is 0 Å². The van der Waals surface area contributed by atoms with Gasteiger partial charge in [-0.1, -0.05) is 12.8 Å². The average Bonchev–Trinajstić information content (AvgIpc) is 2.83. The van der Waals surface area contributed by atoms with Gasteiger partial charge in [-0.2, -0.15) is 0 Å². The van der Waals surface area contributed by atoms with Crippen molar-refractivity contribution >= 4 is 11.8 Å². The summed E-state index contributed by atoms with van der Waals surface area (Å²) >= 11 is 0. The Hall–Kier alpha value is -1.58. The number of aryl methyl sites for hydroxylation is 1. The zero-order valence-corrected chi connectivity index (χ0v) is 11.0. The van der Waals surface area contributed by atoms with Crippen LogP contribution in [0.25, 0.3) is 0 Å². The maximum atomic E-state index is 11.0. The monoisotopic (exact) mass is 248 g/mol. The number of aromatic nitrogens is 1. The van der Waals surface area contributed by atoms with Crippen molar-refractivity contribution in [1.82, 2.24) is 4.98 Å². The number of hydrogen-bond donors (Lipinski definition) is 1. The van der Waals surface area contributed by atoms with E-state index in [1.807, 2.05) is 6.07 Å². The number of carbonyl (C=O) groups is 1. The second kappa shape index (κ2) is 5.38. The highest BCUT2D eigenvalue weighted by Gasteiger charge is 2.23. The summed E-state index contributed by atoms with van der Waals surface area (Å²) in [5.74, 6) is 0.00219. The van der Waals surface area contributed by atoms with Crippen molar-refractivity contribution in [2.75, 3.05) is 11.4 Å². The third-order valence-electron chi connectivity index (χ3n) is 3.70. The molecule has 1 aromatic heterocycles. The average molecular weight is 248 g/mol. The molecule has 1 aromatic rings. The summed E-state index contributed by atoms with van der Waals surface area (Å²) in [4.78, 5) is 17.7. The maximum absolute atomic E-state index is 11.0. The van der Waals surface area contributed by atoms with Gasteiger partial charge in [-0.3, -0.25) is 0 Å². The van der Waals surface area contributed by atoms with Gasteiger partial charge in [-0.05, 0) is 38.8 Å². The van der Waals surface area contributed by atoms with E-state index in [0.717, 1.165) is 12.4 Å². The fourth-order valence-corrected chi connectivity index (χ4v) is 2.76. The van der Waals surface area contributed by atoms with Crippen LogP contribution in [0, 0.1) is 6.92 Å². The van der Waals surface area contributed by atoms with Gasteiger partial charge < -0.3 is 10.0 Å². The second-order valence-electron chi connectivity index (χ2n) is 4.83. The summed E-state index contributed by atoms with van der Waals surface area (Å²) in [5, 5.41) is 9.01. The standard InChI is InChI=1S/C14H20N2O2/c1-3-16(11-6-4-5-7-11)13-9-8-12(14(17)18)10(2)15-13/h8-9,11H,3-7H2,1-2H3,(H,17,18). The quantitative estimate of drug-likeness (QED) is 0.890. The lowest BCUT2D eigenvalue weighted by atomic mass is 10.1. The summed E-state index contributed by atoms with van der Waals surface area (Å²) in [6.45, 7) is 4.80. The van der Waals surface area contributed by atoms with Crippen molar-refractivity contribution < 1.29 is 9.90 Å². The molecule has 0 aliphatic heterocycles. The normalized spacial score (nSPS) is 15.9. The smallest absolute Gasteiger partial charge is 0.337 e. The molecule has 0 unspecified atom stereocenters. The molecule has 1 N–H and O–H groups in total. The van der Waals surface area contributed by atoms with E-state index in [1.165, 1.54) is 25.7 Å². The molecule has 18 heavy (non-hydrogen) atoms. The lowest BCUT2D eigenvalue weighted by molar-refractivity contribution is 0.0695. The molecule has 0 saturated heterocycles. The first kappa shape index (κ1) is 12.9. The molecule has 4 nitrogen and oxygen atoms in total. The van der Waals surface area contributed by atoms with Crippen LogP contribution in [0.1, 0.15) is 48.7 Å². The van der Waals surface area contributed by atoms with Crippen molar-refractivity contribution in [2.24, 2.45) is 0 Å². The molecule has 1 aliphatic rings. The molecule has 0 atom stereocenters. The minimum atomic E-state index is -0.907. The molecule has 1 fully saturated rings.